The van der Waals surface area contributed by atoms with Gasteiger partial charge < -0.3 is 26.5 Å². The van der Waals surface area contributed by atoms with Gasteiger partial charge in [-0.25, -0.2) is 0 Å². The number of nitrogen functional groups attached to an aromatic ring is 1. The minimum absolute atomic E-state index is 0.0547. The Morgan fingerprint density at radius 3 is 2.51 bits per heavy atom. The van der Waals surface area contributed by atoms with Crippen LogP contribution in [0.5, 0.6) is 0 Å². The number of halogens is 3. The first-order valence-electron chi connectivity index (χ1n) is 11.1. The number of carbonyl (C=O) groups is 2. The lowest BCUT2D eigenvalue weighted by atomic mass is 9.96. The number of aromatic nitrogens is 2. The van der Waals surface area contributed by atoms with Crippen LogP contribution in [0.15, 0.2) is 65.6 Å². The van der Waals surface area contributed by atoms with Gasteiger partial charge in [-0.15, -0.1) is 4.79 Å². The fourth-order valence-electron chi connectivity index (χ4n) is 3.78. The van der Waals surface area contributed by atoms with Gasteiger partial charge in [0.2, 0.25) is 5.91 Å². The molecular formula is C24H23F3N6O4. The third-order valence-electron chi connectivity index (χ3n) is 5.82. The molecule has 13 heteroatoms. The summed E-state index contributed by atoms with van der Waals surface area (Å²) in [5.74, 6) is 4.15. The van der Waals surface area contributed by atoms with Gasteiger partial charge in [0.25, 0.3) is 11.5 Å². The lowest BCUT2D eigenvalue weighted by molar-refractivity contribution is -0.137. The van der Waals surface area contributed by atoms with E-state index in [0.717, 1.165) is 18.3 Å². The Kier molecular flexibility index (Phi) is 7.16. The van der Waals surface area contributed by atoms with E-state index >= 15 is 0 Å². The predicted molar refractivity (Wildman–Crippen MR) is 127 cm³/mol. The molecule has 2 aromatic carbocycles. The first-order valence-corrected chi connectivity index (χ1v) is 11.1. The number of para-hydroxylation sites is 1. The van der Waals surface area contributed by atoms with Crippen molar-refractivity contribution in [3.05, 3.63) is 87.8 Å². The summed E-state index contributed by atoms with van der Waals surface area (Å²) in [5.41, 5.74) is -1.83. The van der Waals surface area contributed by atoms with Crippen LogP contribution in [0, 0.1) is 0 Å². The molecule has 37 heavy (non-hydrogen) atoms. The number of carbonyl (C=O) groups excluding carboxylic acids is 2. The van der Waals surface area contributed by atoms with Gasteiger partial charge in [-0.05, 0) is 29.8 Å². The molecule has 1 aromatic heterocycles. The average Bonchev–Trinajstić information content (AvgIpc) is 3.34. The Labute approximate surface area is 208 Å². The van der Waals surface area contributed by atoms with Crippen LogP contribution < -0.4 is 27.4 Å². The molecule has 0 unspecified atom stereocenters. The minimum atomic E-state index is -4.50. The molecule has 1 fully saturated rings. The second kappa shape index (κ2) is 10.3. The van der Waals surface area contributed by atoms with E-state index in [1.54, 1.807) is 24.3 Å². The van der Waals surface area contributed by atoms with Crippen molar-refractivity contribution in [1.29, 1.82) is 0 Å². The highest BCUT2D eigenvalue weighted by atomic mass is 19.4. The van der Waals surface area contributed by atoms with Crippen LogP contribution in [-0.4, -0.2) is 40.5 Å². The molecule has 1 aliphatic rings. The number of ether oxygens (including phenoxy) is 1. The van der Waals surface area contributed by atoms with E-state index in [1.165, 1.54) is 18.2 Å². The molecule has 2 amide bonds. The zero-order valence-electron chi connectivity index (χ0n) is 19.3. The maximum atomic E-state index is 13.2. The highest BCUT2D eigenvalue weighted by Crippen LogP contribution is 2.35. The molecule has 2 heterocycles. The van der Waals surface area contributed by atoms with Crippen LogP contribution in [0.25, 0.3) is 0 Å². The van der Waals surface area contributed by atoms with Crippen LogP contribution in [0.4, 0.5) is 24.5 Å². The van der Waals surface area contributed by atoms with E-state index < -0.39 is 34.7 Å². The van der Waals surface area contributed by atoms with Crippen LogP contribution in [0.3, 0.4) is 0 Å². The van der Waals surface area contributed by atoms with Crippen molar-refractivity contribution in [2.45, 2.75) is 24.7 Å². The quantitative estimate of drug-likeness (QED) is 0.352. The summed E-state index contributed by atoms with van der Waals surface area (Å²) >= 11 is 0. The van der Waals surface area contributed by atoms with Gasteiger partial charge in [0.15, 0.2) is 0 Å². The maximum absolute atomic E-state index is 13.2. The van der Waals surface area contributed by atoms with Crippen molar-refractivity contribution in [3.63, 3.8) is 0 Å². The molecule has 1 atom stereocenters. The van der Waals surface area contributed by atoms with Gasteiger partial charge in [0.1, 0.15) is 5.54 Å². The third kappa shape index (κ3) is 5.89. The molecular weight excluding hydrogens is 493 g/mol. The third-order valence-corrected chi connectivity index (χ3v) is 5.82. The highest BCUT2D eigenvalue weighted by Gasteiger charge is 2.43. The number of hydrogen-bond donors (Lipinski definition) is 4. The topological polar surface area (TPSA) is 140 Å². The van der Waals surface area contributed by atoms with E-state index in [4.69, 9.17) is 10.6 Å². The lowest BCUT2D eigenvalue weighted by Crippen LogP contribution is -2.59. The van der Waals surface area contributed by atoms with Crippen LogP contribution in [-0.2, 0) is 22.3 Å². The molecule has 0 radical (unpaired) electrons. The highest BCUT2D eigenvalue weighted by molar-refractivity contribution is 5.99. The Bertz CT molecular complexity index is 1350. The number of nitrogens with zero attached hydrogens (tertiary/aromatic N) is 2. The molecule has 194 valence electrons. The molecule has 4 rings (SSSR count). The van der Waals surface area contributed by atoms with Gasteiger partial charge in [-0.1, -0.05) is 24.3 Å². The summed E-state index contributed by atoms with van der Waals surface area (Å²) < 4.78 is 45.0. The molecule has 0 spiro atoms. The predicted octanol–water partition coefficient (Wildman–Crippen LogP) is 1.92. The average molecular weight is 516 g/mol. The van der Waals surface area contributed by atoms with E-state index in [1.807, 2.05) is 0 Å². The molecule has 0 saturated carbocycles. The number of nitrogens with one attached hydrogen (secondary N) is 3. The van der Waals surface area contributed by atoms with Gasteiger partial charge in [0.05, 0.1) is 29.6 Å². The van der Waals surface area contributed by atoms with E-state index in [9.17, 15) is 27.6 Å². The molecule has 10 nitrogen and oxygen atoms in total. The zero-order chi connectivity index (χ0) is 26.6. The number of alkyl halides is 3. The summed E-state index contributed by atoms with van der Waals surface area (Å²) in [7, 11) is 0. The standard InChI is InChI=1S/C24H23F3N6O4/c25-24(26,27)18-3-1-2-4-19(18)31-17-7-5-15(6-8-17)12-29-22(36)23(9-10-37-14-23)32-21(35)16-11-20(34)33(28)30-13-16/h1-8,11,13,31H,9-10,12,14,28H2,(H,29,36)(H,32,35)/t23-/m0/s1. The van der Waals surface area contributed by atoms with Gasteiger partial charge in [-0.2, -0.15) is 18.3 Å². The second-order valence-electron chi connectivity index (χ2n) is 8.41. The van der Waals surface area contributed by atoms with Crippen molar-refractivity contribution in [1.82, 2.24) is 20.5 Å². The summed E-state index contributed by atoms with van der Waals surface area (Å²) in [6, 6.07) is 12.7. The SMILES string of the molecule is Nn1ncc(C(=O)N[C@@]2(C(=O)NCc3ccc(Nc4ccccc4C(F)(F)F)cc3)CCOC2)cc1=O. The number of anilines is 2. The van der Waals surface area contributed by atoms with E-state index in [0.29, 0.717) is 16.0 Å². The van der Waals surface area contributed by atoms with Gasteiger partial charge in [-0.3, -0.25) is 14.4 Å². The summed E-state index contributed by atoms with van der Waals surface area (Å²) in [5, 5.41) is 11.7. The van der Waals surface area contributed by atoms with Crippen LogP contribution in [0.2, 0.25) is 0 Å². The van der Waals surface area contributed by atoms with Crippen LogP contribution in [0.1, 0.15) is 27.9 Å². The largest absolute Gasteiger partial charge is 0.418 e. The maximum Gasteiger partial charge on any atom is 0.418 e. The first-order chi connectivity index (χ1) is 17.6. The fourth-order valence-corrected chi connectivity index (χ4v) is 3.78. The number of hydrogen-bond acceptors (Lipinski definition) is 7. The number of amides is 2. The molecule has 1 saturated heterocycles. The lowest BCUT2D eigenvalue weighted by Gasteiger charge is -2.27. The molecule has 3 aromatic rings. The summed E-state index contributed by atoms with van der Waals surface area (Å²) in [6.07, 6.45) is -3.17. The van der Waals surface area contributed by atoms with Gasteiger partial charge >= 0.3 is 6.18 Å². The zero-order valence-corrected chi connectivity index (χ0v) is 19.3. The smallest absolute Gasteiger partial charge is 0.378 e. The second-order valence-corrected chi connectivity index (χ2v) is 8.41. The summed E-state index contributed by atoms with van der Waals surface area (Å²) in [6.45, 7) is 0.282. The van der Waals surface area contributed by atoms with Gasteiger partial charge in [0, 0.05) is 31.3 Å². The normalized spacial score (nSPS) is 17.3. The number of nitrogens with two attached hydrogens (primary N) is 1. The fraction of sp³-hybridized carbons (Fsp3) is 0.250. The van der Waals surface area contributed by atoms with Crippen molar-refractivity contribution in [2.75, 3.05) is 24.4 Å². The Balaban J connectivity index is 1.40. The van der Waals surface area contributed by atoms with E-state index in [-0.39, 0.29) is 37.4 Å². The number of rotatable bonds is 7. The van der Waals surface area contributed by atoms with Crippen LogP contribution >= 0.6 is 0 Å². The van der Waals surface area contributed by atoms with E-state index in [2.05, 4.69) is 21.0 Å². The first kappa shape index (κ1) is 25.7. The van der Waals surface area contributed by atoms with Crippen molar-refractivity contribution >= 4 is 23.2 Å². The number of benzene rings is 2. The van der Waals surface area contributed by atoms with Crippen molar-refractivity contribution < 1.29 is 27.5 Å². The Hall–Kier alpha value is -4.39. The summed E-state index contributed by atoms with van der Waals surface area (Å²) in [4.78, 5) is 38.0. The monoisotopic (exact) mass is 516 g/mol. The minimum Gasteiger partial charge on any atom is -0.378 e. The Morgan fingerprint density at radius 2 is 1.86 bits per heavy atom. The Morgan fingerprint density at radius 1 is 1.14 bits per heavy atom. The molecule has 5 N–H and O–H groups in total. The molecule has 0 aliphatic carbocycles. The molecule has 0 bridgehead atoms. The van der Waals surface area contributed by atoms with Crippen molar-refractivity contribution in [3.8, 4) is 0 Å². The molecule has 1 aliphatic heterocycles. The van der Waals surface area contributed by atoms with Crippen molar-refractivity contribution in [2.24, 2.45) is 0 Å².